The van der Waals surface area contributed by atoms with Crippen LogP contribution in [0.3, 0.4) is 0 Å². The second-order valence-electron chi connectivity index (χ2n) is 6.03. The first-order chi connectivity index (χ1) is 10.8. The first kappa shape index (κ1) is 16.1. The lowest BCUT2D eigenvalue weighted by Gasteiger charge is -2.17. The first-order valence-corrected chi connectivity index (χ1v) is 9.00. The summed E-state index contributed by atoms with van der Waals surface area (Å²) in [4.78, 5) is 0.292. The Morgan fingerprint density at radius 1 is 1.30 bits per heavy atom. The van der Waals surface area contributed by atoms with Crippen molar-refractivity contribution in [2.24, 2.45) is 7.05 Å². The van der Waals surface area contributed by atoms with Crippen LogP contribution >= 0.6 is 0 Å². The van der Waals surface area contributed by atoms with E-state index in [1.807, 2.05) is 6.07 Å². The summed E-state index contributed by atoms with van der Waals surface area (Å²) in [6.07, 6.45) is 0.695. The fourth-order valence-corrected chi connectivity index (χ4v) is 5.14. The molecule has 0 saturated carbocycles. The third kappa shape index (κ3) is 2.79. The van der Waals surface area contributed by atoms with Crippen molar-refractivity contribution in [3.63, 3.8) is 0 Å². The van der Waals surface area contributed by atoms with Crippen molar-refractivity contribution >= 4 is 10.0 Å². The number of aryl methyl sites for hydroxylation is 2. The normalized spacial score (nSPS) is 19.4. The van der Waals surface area contributed by atoms with Crippen LogP contribution in [0.2, 0.25) is 0 Å². The van der Waals surface area contributed by atoms with Crippen molar-refractivity contribution in [2.75, 3.05) is 13.1 Å². The van der Waals surface area contributed by atoms with Gasteiger partial charge in [-0.2, -0.15) is 9.40 Å². The predicted octanol–water partition coefficient (Wildman–Crippen LogP) is 2.35. The van der Waals surface area contributed by atoms with Crippen LogP contribution in [0.15, 0.2) is 29.2 Å². The van der Waals surface area contributed by atoms with E-state index in [9.17, 15) is 12.8 Å². The Kier molecular flexibility index (Phi) is 4.01. The Morgan fingerprint density at radius 2 is 2.04 bits per heavy atom. The zero-order valence-corrected chi connectivity index (χ0v) is 14.3. The molecule has 0 amide bonds. The van der Waals surface area contributed by atoms with Crippen molar-refractivity contribution in [3.05, 3.63) is 47.0 Å². The first-order valence-electron chi connectivity index (χ1n) is 7.56. The molecule has 1 aromatic carbocycles. The lowest BCUT2D eigenvalue weighted by Crippen LogP contribution is -2.29. The standard InChI is InChI=1S/C16H20FN3O2S/c1-11-16(12(2)19(3)18-11)23(21,22)20-8-7-14(10-20)13-5-4-6-15(17)9-13/h4-6,9,14H,7-8,10H2,1-3H3/t14-/m0/s1. The molecule has 7 heteroatoms. The van der Waals surface area contributed by atoms with Crippen LogP contribution in [0.4, 0.5) is 4.39 Å². The molecule has 0 bridgehead atoms. The Balaban J connectivity index is 1.88. The highest BCUT2D eigenvalue weighted by Crippen LogP contribution is 2.32. The van der Waals surface area contributed by atoms with Crippen LogP contribution in [-0.4, -0.2) is 35.6 Å². The maximum absolute atomic E-state index is 13.4. The van der Waals surface area contributed by atoms with Gasteiger partial charge in [-0.05, 0) is 43.9 Å². The molecule has 0 radical (unpaired) electrons. The van der Waals surface area contributed by atoms with Gasteiger partial charge in [-0.25, -0.2) is 12.8 Å². The summed E-state index contributed by atoms with van der Waals surface area (Å²) in [5.41, 5.74) is 2.00. The van der Waals surface area contributed by atoms with E-state index < -0.39 is 10.0 Å². The number of aromatic nitrogens is 2. The van der Waals surface area contributed by atoms with Gasteiger partial charge in [0.25, 0.3) is 0 Å². The minimum absolute atomic E-state index is 0.0257. The number of hydrogen-bond acceptors (Lipinski definition) is 3. The summed E-state index contributed by atoms with van der Waals surface area (Å²) in [6, 6.07) is 6.40. The van der Waals surface area contributed by atoms with Crippen LogP contribution in [-0.2, 0) is 17.1 Å². The molecule has 5 nitrogen and oxygen atoms in total. The molecule has 0 N–H and O–H groups in total. The molecule has 1 aliphatic rings. The summed E-state index contributed by atoms with van der Waals surface area (Å²) in [5, 5.41) is 4.20. The van der Waals surface area contributed by atoms with Crippen molar-refractivity contribution in [2.45, 2.75) is 31.1 Å². The van der Waals surface area contributed by atoms with Gasteiger partial charge in [-0.3, -0.25) is 4.68 Å². The average molecular weight is 337 g/mol. The molecule has 1 saturated heterocycles. The molecule has 0 spiro atoms. The maximum Gasteiger partial charge on any atom is 0.246 e. The summed E-state index contributed by atoms with van der Waals surface area (Å²) < 4.78 is 42.3. The Labute approximate surface area is 135 Å². The monoisotopic (exact) mass is 337 g/mol. The number of nitrogens with zero attached hydrogens (tertiary/aromatic N) is 3. The SMILES string of the molecule is Cc1nn(C)c(C)c1S(=O)(=O)N1CC[C@H](c2cccc(F)c2)C1. The molecule has 1 fully saturated rings. The van der Waals surface area contributed by atoms with E-state index in [1.54, 1.807) is 31.6 Å². The summed E-state index contributed by atoms with van der Waals surface area (Å²) in [7, 11) is -1.84. The van der Waals surface area contributed by atoms with Gasteiger partial charge in [-0.1, -0.05) is 12.1 Å². The van der Waals surface area contributed by atoms with Gasteiger partial charge >= 0.3 is 0 Å². The molecular formula is C16H20FN3O2S. The zero-order valence-electron chi connectivity index (χ0n) is 13.5. The second kappa shape index (κ2) is 5.72. The molecule has 2 aromatic rings. The van der Waals surface area contributed by atoms with Crippen LogP contribution in [0, 0.1) is 19.7 Å². The van der Waals surface area contributed by atoms with Gasteiger partial charge in [0.15, 0.2) is 0 Å². The van der Waals surface area contributed by atoms with Gasteiger partial charge in [0.1, 0.15) is 10.7 Å². The van der Waals surface area contributed by atoms with Crippen LogP contribution in [0.5, 0.6) is 0 Å². The molecule has 1 aliphatic heterocycles. The van der Waals surface area contributed by atoms with Gasteiger partial charge in [0.2, 0.25) is 10.0 Å². The number of benzene rings is 1. The topological polar surface area (TPSA) is 55.2 Å². The third-order valence-electron chi connectivity index (χ3n) is 4.51. The highest BCUT2D eigenvalue weighted by atomic mass is 32.2. The van der Waals surface area contributed by atoms with E-state index in [4.69, 9.17) is 0 Å². The van der Waals surface area contributed by atoms with E-state index in [-0.39, 0.29) is 11.7 Å². The highest BCUT2D eigenvalue weighted by Gasteiger charge is 2.36. The minimum Gasteiger partial charge on any atom is -0.271 e. The Hall–Kier alpha value is -1.73. The van der Waals surface area contributed by atoms with Crippen molar-refractivity contribution in [1.29, 1.82) is 0 Å². The fourth-order valence-electron chi connectivity index (χ4n) is 3.24. The predicted molar refractivity (Wildman–Crippen MR) is 85.2 cm³/mol. The van der Waals surface area contributed by atoms with Gasteiger partial charge < -0.3 is 0 Å². The van der Waals surface area contributed by atoms with E-state index in [0.717, 1.165) is 5.56 Å². The van der Waals surface area contributed by atoms with E-state index in [0.29, 0.717) is 35.8 Å². The molecule has 0 unspecified atom stereocenters. The largest absolute Gasteiger partial charge is 0.271 e. The van der Waals surface area contributed by atoms with Crippen molar-refractivity contribution < 1.29 is 12.8 Å². The number of sulfonamides is 1. The molecule has 1 atom stereocenters. The molecule has 2 heterocycles. The van der Waals surface area contributed by atoms with E-state index in [1.165, 1.54) is 16.4 Å². The van der Waals surface area contributed by atoms with Crippen LogP contribution in [0.1, 0.15) is 29.3 Å². The number of hydrogen-bond donors (Lipinski definition) is 0. The van der Waals surface area contributed by atoms with E-state index >= 15 is 0 Å². The van der Waals surface area contributed by atoms with Crippen molar-refractivity contribution in [3.8, 4) is 0 Å². The van der Waals surface area contributed by atoms with E-state index in [2.05, 4.69) is 5.10 Å². The van der Waals surface area contributed by atoms with Gasteiger partial charge in [-0.15, -0.1) is 0 Å². The average Bonchev–Trinajstić information content (AvgIpc) is 3.05. The Bertz CT molecular complexity index is 845. The number of rotatable bonds is 3. The molecule has 1 aromatic heterocycles. The quantitative estimate of drug-likeness (QED) is 0.864. The summed E-state index contributed by atoms with van der Waals surface area (Å²) in [6.45, 7) is 4.28. The van der Waals surface area contributed by atoms with Crippen LogP contribution < -0.4 is 0 Å². The fraction of sp³-hybridized carbons (Fsp3) is 0.438. The van der Waals surface area contributed by atoms with Crippen LogP contribution in [0.25, 0.3) is 0 Å². The second-order valence-corrected chi connectivity index (χ2v) is 7.90. The maximum atomic E-state index is 13.4. The lowest BCUT2D eigenvalue weighted by molar-refractivity contribution is 0.471. The van der Waals surface area contributed by atoms with Gasteiger partial charge in [0.05, 0.1) is 11.4 Å². The summed E-state index contributed by atoms with van der Waals surface area (Å²) in [5.74, 6) is -0.263. The molecular weight excluding hydrogens is 317 g/mol. The minimum atomic E-state index is -3.57. The Morgan fingerprint density at radius 3 is 2.65 bits per heavy atom. The summed E-state index contributed by atoms with van der Waals surface area (Å²) >= 11 is 0. The smallest absolute Gasteiger partial charge is 0.246 e. The molecule has 3 rings (SSSR count). The van der Waals surface area contributed by atoms with Crippen molar-refractivity contribution in [1.82, 2.24) is 14.1 Å². The molecule has 0 aliphatic carbocycles. The zero-order chi connectivity index (χ0) is 16.8. The lowest BCUT2D eigenvalue weighted by atomic mass is 9.99. The third-order valence-corrected chi connectivity index (χ3v) is 6.63. The molecule has 124 valence electrons. The molecule has 23 heavy (non-hydrogen) atoms. The number of halogens is 1. The highest BCUT2D eigenvalue weighted by molar-refractivity contribution is 7.89. The van der Waals surface area contributed by atoms with Gasteiger partial charge in [0, 0.05) is 20.1 Å².